The van der Waals surface area contributed by atoms with E-state index in [1.54, 1.807) is 6.20 Å². The summed E-state index contributed by atoms with van der Waals surface area (Å²) in [6.45, 7) is 5.98. The molecule has 1 aromatic heterocycles. The summed E-state index contributed by atoms with van der Waals surface area (Å²) in [5.41, 5.74) is 2.34. The largest absolute Gasteiger partial charge is 0.349 e. The fraction of sp³-hybridized carbons (Fsp3) is 0.409. The quantitative estimate of drug-likeness (QED) is 0.909. The molecule has 5 heteroatoms. The van der Waals surface area contributed by atoms with Crippen LogP contribution in [0.15, 0.2) is 35.3 Å². The third-order valence-corrected chi connectivity index (χ3v) is 5.36. The number of aryl methyl sites for hydroxylation is 1. The second-order valence-electron chi connectivity index (χ2n) is 8.60. The molecule has 0 atom stereocenters. The number of rotatable bonds is 3. The average Bonchev–Trinajstić information content (AvgIpc) is 3.38. The number of carbonyl (C=O) groups excluding carboxylic acids is 2. The Labute approximate surface area is 158 Å². The number of amides is 1. The Morgan fingerprint density at radius 3 is 2.41 bits per heavy atom. The zero-order valence-electron chi connectivity index (χ0n) is 16.0. The zero-order chi connectivity index (χ0) is 19.3. The van der Waals surface area contributed by atoms with Crippen molar-refractivity contribution in [3.63, 3.8) is 0 Å². The Bertz CT molecular complexity index is 995. The van der Waals surface area contributed by atoms with Crippen molar-refractivity contribution in [2.24, 2.45) is 5.41 Å². The molecule has 1 amide bonds. The Hall–Kier alpha value is -2.69. The van der Waals surface area contributed by atoms with Crippen LogP contribution in [0, 0.1) is 12.3 Å². The van der Waals surface area contributed by atoms with E-state index in [9.17, 15) is 14.4 Å². The Morgan fingerprint density at radius 2 is 1.78 bits per heavy atom. The number of benzene rings is 1. The minimum Gasteiger partial charge on any atom is -0.349 e. The Kier molecular flexibility index (Phi) is 4.06. The van der Waals surface area contributed by atoms with Crippen molar-refractivity contribution in [2.75, 3.05) is 0 Å². The van der Waals surface area contributed by atoms with Crippen LogP contribution in [0.1, 0.15) is 65.0 Å². The number of hydrogen-bond acceptors (Lipinski definition) is 3. The van der Waals surface area contributed by atoms with Gasteiger partial charge >= 0.3 is 0 Å². The molecule has 0 aliphatic heterocycles. The topological polar surface area (TPSA) is 68.2 Å². The smallest absolute Gasteiger partial charge is 0.268 e. The highest BCUT2D eigenvalue weighted by atomic mass is 16.2. The molecule has 140 valence electrons. The maximum atomic E-state index is 13.3. The number of hydrogen-bond donors (Lipinski definition) is 1. The van der Waals surface area contributed by atoms with Crippen LogP contribution in [0.3, 0.4) is 0 Å². The van der Waals surface area contributed by atoms with Crippen molar-refractivity contribution < 1.29 is 9.59 Å². The molecule has 0 bridgehead atoms. The van der Waals surface area contributed by atoms with Crippen molar-refractivity contribution >= 4 is 11.7 Å². The van der Waals surface area contributed by atoms with Crippen molar-refractivity contribution in [1.29, 1.82) is 0 Å². The lowest BCUT2D eigenvalue weighted by atomic mass is 9.73. The predicted molar refractivity (Wildman–Crippen MR) is 104 cm³/mol. The third-order valence-electron chi connectivity index (χ3n) is 5.36. The van der Waals surface area contributed by atoms with Gasteiger partial charge in [0.15, 0.2) is 5.78 Å². The molecule has 1 saturated carbocycles. The van der Waals surface area contributed by atoms with Gasteiger partial charge in [0.25, 0.3) is 11.5 Å². The molecule has 5 nitrogen and oxygen atoms in total. The van der Waals surface area contributed by atoms with E-state index in [4.69, 9.17) is 0 Å². The first-order valence-electron chi connectivity index (χ1n) is 9.45. The number of pyridine rings is 1. The van der Waals surface area contributed by atoms with Crippen molar-refractivity contribution in [3.05, 3.63) is 63.1 Å². The van der Waals surface area contributed by atoms with Crippen molar-refractivity contribution in [3.8, 4) is 5.69 Å². The van der Waals surface area contributed by atoms with Crippen molar-refractivity contribution in [2.45, 2.75) is 52.5 Å². The van der Waals surface area contributed by atoms with E-state index in [2.05, 4.69) is 5.32 Å². The molecule has 4 rings (SSSR count). The van der Waals surface area contributed by atoms with Crippen molar-refractivity contribution in [1.82, 2.24) is 9.88 Å². The minimum absolute atomic E-state index is 0.0115. The van der Waals surface area contributed by atoms with Gasteiger partial charge in [-0.2, -0.15) is 0 Å². The summed E-state index contributed by atoms with van der Waals surface area (Å²) < 4.78 is 1.44. The minimum atomic E-state index is -0.360. The van der Waals surface area contributed by atoms with Crippen LogP contribution in [0.5, 0.6) is 0 Å². The predicted octanol–water partition coefficient (Wildman–Crippen LogP) is 3.19. The number of Topliss-reactive ketones (excluding diaryl/α,β-unsaturated/α-hetero) is 1. The number of nitrogens with zero attached hydrogens (tertiary/aromatic N) is 1. The van der Waals surface area contributed by atoms with Crippen LogP contribution in [0.4, 0.5) is 0 Å². The van der Waals surface area contributed by atoms with Gasteiger partial charge in [-0.15, -0.1) is 0 Å². The van der Waals surface area contributed by atoms with Gasteiger partial charge in [0.2, 0.25) is 0 Å². The molecule has 1 heterocycles. The molecule has 1 aromatic carbocycles. The number of nitrogens with one attached hydrogen (secondary N) is 1. The van der Waals surface area contributed by atoms with Crippen LogP contribution in [-0.4, -0.2) is 22.3 Å². The molecule has 0 radical (unpaired) electrons. The lowest BCUT2D eigenvalue weighted by Gasteiger charge is -2.31. The maximum Gasteiger partial charge on any atom is 0.268 e. The van der Waals surface area contributed by atoms with Crippen LogP contribution in [0.25, 0.3) is 5.69 Å². The van der Waals surface area contributed by atoms with E-state index in [1.807, 2.05) is 45.0 Å². The van der Waals surface area contributed by atoms with Gasteiger partial charge in [-0.05, 0) is 49.3 Å². The zero-order valence-corrected chi connectivity index (χ0v) is 16.0. The summed E-state index contributed by atoms with van der Waals surface area (Å²) in [6, 6.07) is 7.64. The molecular weight excluding hydrogens is 340 g/mol. The molecular formula is C22H24N2O3. The van der Waals surface area contributed by atoms with Crippen LogP contribution < -0.4 is 10.9 Å². The van der Waals surface area contributed by atoms with E-state index in [0.29, 0.717) is 29.7 Å². The fourth-order valence-corrected chi connectivity index (χ4v) is 3.76. The number of aromatic nitrogens is 1. The van der Waals surface area contributed by atoms with Gasteiger partial charge in [0, 0.05) is 29.9 Å². The molecule has 27 heavy (non-hydrogen) atoms. The monoisotopic (exact) mass is 364 g/mol. The van der Waals surface area contributed by atoms with Gasteiger partial charge < -0.3 is 5.32 Å². The van der Waals surface area contributed by atoms with Crippen LogP contribution in [-0.2, 0) is 6.42 Å². The molecule has 1 fully saturated rings. The first kappa shape index (κ1) is 17.7. The highest BCUT2D eigenvalue weighted by Crippen LogP contribution is 2.36. The molecule has 0 spiro atoms. The summed E-state index contributed by atoms with van der Waals surface area (Å²) in [7, 11) is 0. The van der Waals surface area contributed by atoms with E-state index in [1.165, 1.54) is 4.57 Å². The Morgan fingerprint density at radius 1 is 1.11 bits per heavy atom. The van der Waals surface area contributed by atoms with Gasteiger partial charge in [0.1, 0.15) is 5.56 Å². The highest BCUT2D eigenvalue weighted by molar-refractivity contribution is 6.04. The number of carbonyl (C=O) groups is 2. The highest BCUT2D eigenvalue weighted by Gasteiger charge is 2.36. The van der Waals surface area contributed by atoms with E-state index in [-0.39, 0.29) is 34.3 Å². The van der Waals surface area contributed by atoms with Gasteiger partial charge in [-0.1, -0.05) is 31.5 Å². The molecule has 0 saturated heterocycles. The lowest BCUT2D eigenvalue weighted by Crippen LogP contribution is -2.39. The van der Waals surface area contributed by atoms with Gasteiger partial charge in [0.05, 0.1) is 0 Å². The Balaban J connectivity index is 1.93. The third kappa shape index (κ3) is 3.34. The SMILES string of the molecule is Cc1ccc(-n2cc3c(c(C(=O)NC4CC4)c2=O)CC(C)(C)CC3=O)cc1. The fourth-order valence-electron chi connectivity index (χ4n) is 3.76. The van der Waals surface area contributed by atoms with E-state index in [0.717, 1.165) is 18.4 Å². The molecule has 1 N–H and O–H groups in total. The second-order valence-corrected chi connectivity index (χ2v) is 8.60. The molecule has 2 aliphatic carbocycles. The summed E-state index contributed by atoms with van der Waals surface area (Å²) >= 11 is 0. The van der Waals surface area contributed by atoms with Crippen LogP contribution in [0.2, 0.25) is 0 Å². The average molecular weight is 364 g/mol. The summed E-state index contributed by atoms with van der Waals surface area (Å²) in [6.07, 6.45) is 4.46. The molecule has 2 aliphatic rings. The van der Waals surface area contributed by atoms with E-state index < -0.39 is 0 Å². The maximum absolute atomic E-state index is 13.3. The van der Waals surface area contributed by atoms with E-state index >= 15 is 0 Å². The normalized spacial score (nSPS) is 18.1. The summed E-state index contributed by atoms with van der Waals surface area (Å²) in [5, 5.41) is 2.93. The summed E-state index contributed by atoms with van der Waals surface area (Å²) in [5.74, 6) is -0.367. The van der Waals surface area contributed by atoms with Gasteiger partial charge in [-0.25, -0.2) is 0 Å². The number of fused-ring (bicyclic) bond motifs is 1. The standard InChI is InChI=1S/C22H24N2O3/c1-13-4-8-15(9-5-13)24-12-17-16(10-22(2,3)11-18(17)25)19(21(24)27)20(26)23-14-6-7-14/h4-5,8-9,12,14H,6-7,10-11H2,1-3H3,(H,23,26). The van der Waals surface area contributed by atoms with Gasteiger partial charge in [-0.3, -0.25) is 19.0 Å². The second kappa shape index (κ2) is 6.19. The molecule has 2 aromatic rings. The lowest BCUT2D eigenvalue weighted by molar-refractivity contribution is 0.0909. The summed E-state index contributed by atoms with van der Waals surface area (Å²) in [4.78, 5) is 39.0. The molecule has 0 unspecified atom stereocenters. The first-order chi connectivity index (χ1) is 12.7. The number of ketones is 1. The first-order valence-corrected chi connectivity index (χ1v) is 9.45. The van der Waals surface area contributed by atoms with Crippen LogP contribution >= 0.6 is 0 Å².